The first-order chi connectivity index (χ1) is 41.3. The Labute approximate surface area is 499 Å². The third-order valence-electron chi connectivity index (χ3n) is 17.3. The molecule has 0 aliphatic carbocycles. The summed E-state index contributed by atoms with van der Waals surface area (Å²) < 4.78 is 100. The van der Waals surface area contributed by atoms with Gasteiger partial charge in [-0.2, -0.15) is 23.1 Å². The van der Waals surface area contributed by atoms with Crippen molar-refractivity contribution in [2.45, 2.75) is 103 Å². The number of carbonyl (C=O) groups excluding carboxylic acids is 4. The third-order valence-corrected chi connectivity index (χ3v) is 17.6. The van der Waals surface area contributed by atoms with Crippen LogP contribution in [0.15, 0.2) is 47.3 Å². The molecular formula is C59H62ClF5N12O10. The van der Waals surface area contributed by atoms with E-state index >= 15 is 4.39 Å². The smallest absolute Gasteiger partial charge is 0.418 e. The minimum absolute atomic E-state index is 0.00458. The number of piperazine rings is 1. The number of nitrogens with zero attached hydrogens (tertiary/aromatic N) is 10. The molecule has 22 nitrogen and oxygen atoms in total. The van der Waals surface area contributed by atoms with Gasteiger partial charge >= 0.3 is 30.3 Å². The van der Waals surface area contributed by atoms with Crippen LogP contribution in [0.25, 0.3) is 44.5 Å². The van der Waals surface area contributed by atoms with E-state index in [1.807, 2.05) is 7.05 Å². The van der Waals surface area contributed by atoms with Gasteiger partial charge in [0.25, 0.3) is 11.5 Å². The number of hydrogen-bond acceptors (Lipinski definition) is 18. The molecule has 6 aromatic rings. The van der Waals surface area contributed by atoms with Gasteiger partial charge in [0.2, 0.25) is 5.60 Å². The Bertz CT molecular complexity index is 3950. The number of hydrogen-bond donors (Lipinski definition) is 3. The summed E-state index contributed by atoms with van der Waals surface area (Å²) in [5, 5.41) is 10.5. The molecule has 28 heteroatoms. The number of esters is 1. The highest BCUT2D eigenvalue weighted by atomic mass is 35.5. The first kappa shape index (κ1) is 60.3. The maximum Gasteiger partial charge on any atom is 0.418 e. The maximum atomic E-state index is 17.1. The van der Waals surface area contributed by atoms with Crippen molar-refractivity contribution < 1.29 is 65.2 Å². The molecule has 5 aliphatic rings. The molecule has 0 saturated carbocycles. The van der Waals surface area contributed by atoms with E-state index in [1.54, 1.807) is 18.7 Å². The van der Waals surface area contributed by atoms with Crippen molar-refractivity contribution in [2.75, 3.05) is 82.9 Å². The third kappa shape index (κ3) is 10.7. The molecule has 4 aromatic heterocycles. The van der Waals surface area contributed by atoms with E-state index in [0.717, 1.165) is 31.5 Å². The number of aromatic nitrogens is 5. The predicted molar refractivity (Wildman–Crippen MR) is 308 cm³/mol. The van der Waals surface area contributed by atoms with Gasteiger partial charge in [0.15, 0.2) is 5.82 Å². The number of nitrogens with two attached hydrogens (primary N) is 2. The number of benzene rings is 2. The van der Waals surface area contributed by atoms with Gasteiger partial charge in [0, 0.05) is 85.4 Å². The Morgan fingerprint density at radius 1 is 0.966 bits per heavy atom. The monoisotopic (exact) mass is 1230 g/mol. The second kappa shape index (κ2) is 23.0. The van der Waals surface area contributed by atoms with Crippen molar-refractivity contribution in [2.24, 2.45) is 0 Å². The highest BCUT2D eigenvalue weighted by molar-refractivity contribution is 6.34. The van der Waals surface area contributed by atoms with E-state index in [1.165, 1.54) is 51.4 Å². The van der Waals surface area contributed by atoms with Crippen LogP contribution in [0.2, 0.25) is 5.02 Å². The van der Waals surface area contributed by atoms with E-state index in [2.05, 4.69) is 26.4 Å². The van der Waals surface area contributed by atoms with Gasteiger partial charge in [-0.15, -0.1) is 0 Å². The molecule has 0 radical (unpaired) electrons. The van der Waals surface area contributed by atoms with E-state index in [9.17, 15) is 46.6 Å². The summed E-state index contributed by atoms with van der Waals surface area (Å²) in [6.45, 7) is 8.49. The molecule has 9 heterocycles. The Hall–Kier alpha value is -8.43. The average Bonchev–Trinajstić information content (AvgIpc) is 1.70. The summed E-state index contributed by atoms with van der Waals surface area (Å²) >= 11 is 6.71. The zero-order valence-corrected chi connectivity index (χ0v) is 48.9. The molecule has 3 amide bonds. The molecule has 5 aliphatic heterocycles. The lowest BCUT2D eigenvalue weighted by Gasteiger charge is -2.41. The largest absolute Gasteiger partial charge is 0.462 e. The van der Waals surface area contributed by atoms with Crippen molar-refractivity contribution in [1.29, 1.82) is 0 Å². The fourth-order valence-electron chi connectivity index (χ4n) is 12.7. The normalized spacial score (nSPS) is 20.2. The molecule has 87 heavy (non-hydrogen) atoms. The van der Waals surface area contributed by atoms with Gasteiger partial charge in [-0.25, -0.2) is 33.1 Å². The summed E-state index contributed by atoms with van der Waals surface area (Å²) in [5.74, 6) is -3.51. The first-order valence-electron chi connectivity index (χ1n) is 28.3. The number of rotatable bonds is 13. The summed E-state index contributed by atoms with van der Waals surface area (Å²) in [7, 11) is 3.36. The number of fused-ring (bicyclic) bond motifs is 6. The Morgan fingerprint density at radius 3 is 2.41 bits per heavy atom. The molecule has 11 rings (SSSR count). The fraction of sp³-hybridized carbons (Fsp3) is 0.441. The number of aliphatic hydroxyl groups excluding tert-OH is 1. The minimum atomic E-state index is -4.96. The lowest BCUT2D eigenvalue weighted by molar-refractivity contribution is -0.173. The van der Waals surface area contributed by atoms with Gasteiger partial charge in [-0.1, -0.05) is 25.1 Å². The Morgan fingerprint density at radius 2 is 1.71 bits per heavy atom. The number of aliphatic hydroxyl groups is 1. The molecular weight excluding hydrogens is 1170 g/mol. The molecule has 0 bridgehead atoms. The summed E-state index contributed by atoms with van der Waals surface area (Å²) in [6.07, 6.45) is -4.15. The topological polar surface area (TPSA) is 267 Å². The van der Waals surface area contributed by atoms with Crippen LogP contribution in [0.1, 0.15) is 79.3 Å². The lowest BCUT2D eigenvalue weighted by Crippen LogP contribution is -2.54. The zero-order valence-electron chi connectivity index (χ0n) is 48.2. The van der Waals surface area contributed by atoms with Crippen molar-refractivity contribution in [3.8, 4) is 28.7 Å². The fourth-order valence-corrected chi connectivity index (χ4v) is 12.9. The Kier molecular flexibility index (Phi) is 15.9. The number of amides is 3. The number of cyclic esters (lactones) is 1. The van der Waals surface area contributed by atoms with E-state index in [0.29, 0.717) is 29.4 Å². The van der Waals surface area contributed by atoms with Gasteiger partial charge in [-0.05, 0) is 94.9 Å². The van der Waals surface area contributed by atoms with Crippen molar-refractivity contribution >= 4 is 74.8 Å². The van der Waals surface area contributed by atoms with E-state index in [-0.39, 0.29) is 132 Å². The van der Waals surface area contributed by atoms with Crippen LogP contribution in [0, 0.1) is 18.6 Å². The molecule has 5 N–H and O–H groups in total. The Balaban J connectivity index is 0.757. The van der Waals surface area contributed by atoms with E-state index in [4.69, 9.17) is 47.0 Å². The number of halogens is 6. The summed E-state index contributed by atoms with van der Waals surface area (Å²) in [6, 6.07) is 4.98. The van der Waals surface area contributed by atoms with Crippen LogP contribution < -0.4 is 26.7 Å². The molecule has 3 saturated heterocycles. The van der Waals surface area contributed by atoms with Crippen LogP contribution in [0.5, 0.6) is 6.01 Å². The van der Waals surface area contributed by atoms with Crippen LogP contribution in [0.3, 0.4) is 0 Å². The molecule has 2 aromatic carbocycles. The van der Waals surface area contributed by atoms with Crippen LogP contribution in [0.4, 0.5) is 48.9 Å². The minimum Gasteiger partial charge on any atom is -0.462 e. The summed E-state index contributed by atoms with van der Waals surface area (Å²) in [5.41, 5.74) is 7.28. The number of anilines is 3. The summed E-state index contributed by atoms with van der Waals surface area (Å²) in [4.78, 5) is 95.7. The lowest BCUT2D eigenvalue weighted by atomic mass is 9.85. The highest BCUT2D eigenvalue weighted by Gasteiger charge is 2.51. The number of likely N-dealkylation sites (N-methyl/N-ethyl adjacent to an activating group) is 2. The number of likely N-dealkylation sites (tertiary alicyclic amines) is 2. The molecule has 0 unspecified atom stereocenters. The number of pyridine rings is 3. The average molecular weight is 1230 g/mol. The van der Waals surface area contributed by atoms with Gasteiger partial charge in [0.1, 0.15) is 42.8 Å². The molecule has 0 spiro atoms. The van der Waals surface area contributed by atoms with Crippen LogP contribution in [-0.2, 0) is 55.3 Å². The van der Waals surface area contributed by atoms with Crippen molar-refractivity contribution in [3.63, 3.8) is 0 Å². The number of ether oxygens (including phenoxy) is 4. The second-order valence-corrected chi connectivity index (χ2v) is 23.1. The zero-order chi connectivity index (χ0) is 62.3. The van der Waals surface area contributed by atoms with Crippen molar-refractivity contribution in [3.05, 3.63) is 103 Å². The highest BCUT2D eigenvalue weighted by Crippen LogP contribution is 2.46. The quantitative estimate of drug-likeness (QED) is 0.0333. The number of carbonyl (C=O) groups is 4. The van der Waals surface area contributed by atoms with Crippen molar-refractivity contribution in [1.82, 2.24) is 44.1 Å². The standard InChI is InChI=1S/C59H62ClF5N12O10/c1-7-58(38-19-43-48-35(23-77(43)53(80)37(38)27-84-54(58)81)36(24-78)33-18-41(66)40(61)20-42(33)68-48)87-56(82)73(6)22-31-10-9-13-76(31)57(83)86-25-29(3)52(79)74-14-15-75(30(4)21-74)51-34-17-39(60)45(50-46(59(63,64)65)28(2)16-44(67)69-50)47(62)49(34)70-55(71-51)85-26-32-11-8-12-72(32)5/h16-20,30-32,78H,3,7-15,21-27,66H2,1-2,4-6H3,(H2,67,69)/t30-,31-,32-,58-/m0/s1. The first-order valence-corrected chi connectivity index (χ1v) is 28.7. The maximum absolute atomic E-state index is 17.1. The van der Waals surface area contributed by atoms with E-state index < -0.39 is 107 Å². The number of nitrogen functional groups attached to an aromatic ring is 2. The SMILES string of the molecule is C=C(COC(=O)N1CCC[C@H]1CN(C)C(=O)O[C@]1(CC)C(=O)OCc2c1cc1n(c2=O)Cc2c-1nc1cc(F)c(N)cc1c2CO)C(=O)N1CCN(c2nc(OC[C@@H]3CCCN3C)nc3c(F)c(-c4nc(N)cc(C)c4C(F)(F)F)c(Cl)cc23)[C@@H](C)C1. The number of alkyl halides is 3. The van der Waals surface area contributed by atoms with Crippen LogP contribution in [-0.4, -0.2) is 158 Å². The predicted octanol–water partition coefficient (Wildman–Crippen LogP) is 7.44. The molecule has 3 fully saturated rings. The van der Waals surface area contributed by atoms with Crippen LogP contribution >= 0.6 is 11.6 Å². The van der Waals surface area contributed by atoms with Gasteiger partial charge < -0.3 is 64.6 Å². The second-order valence-electron chi connectivity index (χ2n) is 22.7. The molecule has 460 valence electrons. The number of aryl methyl sites for hydroxylation is 1. The molecule has 4 atom stereocenters. The van der Waals surface area contributed by atoms with Gasteiger partial charge in [0.05, 0.1) is 69.2 Å². The van der Waals surface area contributed by atoms with Gasteiger partial charge in [-0.3, -0.25) is 9.59 Å².